The van der Waals surface area contributed by atoms with Crippen molar-refractivity contribution in [1.82, 2.24) is 0 Å². The zero-order chi connectivity index (χ0) is 9.68. The molecule has 0 spiro atoms. The van der Waals surface area contributed by atoms with E-state index in [9.17, 15) is 9.59 Å². The number of hydrogen-bond acceptors (Lipinski definition) is 4. The van der Waals surface area contributed by atoms with Gasteiger partial charge in [-0.25, -0.2) is 9.59 Å². The quantitative estimate of drug-likeness (QED) is 0.534. The van der Waals surface area contributed by atoms with E-state index >= 15 is 0 Å². The third-order valence-corrected chi connectivity index (χ3v) is 1.53. The number of nitrogens with zero attached hydrogens (tertiary/aromatic N) is 2. The molecule has 5 heteroatoms. The lowest BCUT2D eigenvalue weighted by atomic mass is 10.2. The number of carbonyl (C=O) groups excluding carboxylic acids is 2. The van der Waals surface area contributed by atoms with Gasteiger partial charge in [0.1, 0.15) is 0 Å². The van der Waals surface area contributed by atoms with Crippen LogP contribution in [0.2, 0.25) is 0 Å². The van der Waals surface area contributed by atoms with Gasteiger partial charge in [-0.3, -0.25) is 4.70 Å². The summed E-state index contributed by atoms with van der Waals surface area (Å²) >= 11 is 0. The maximum Gasteiger partial charge on any atom is 0.240 e. The number of isocyanates is 2. The van der Waals surface area contributed by atoms with Crippen molar-refractivity contribution >= 4 is 23.5 Å². The highest BCUT2D eigenvalue weighted by molar-refractivity contribution is 5.61. The number of aryl methyl sites for hydroxylation is 1. The Labute approximate surface area is 79.4 Å². The predicted molar refractivity (Wildman–Crippen MR) is 49.2 cm³/mol. The van der Waals surface area contributed by atoms with E-state index in [-0.39, 0.29) is 4.70 Å². The van der Waals surface area contributed by atoms with Crippen LogP contribution in [0.1, 0.15) is 5.56 Å². The highest BCUT2D eigenvalue weighted by Crippen LogP contribution is 2.23. The van der Waals surface area contributed by atoms with Gasteiger partial charge in [0.15, 0.2) is 0 Å². The van der Waals surface area contributed by atoms with Gasteiger partial charge in [-0.1, -0.05) is 6.07 Å². The maximum atomic E-state index is 10.00. The number of rotatable bonds is 2. The largest absolute Gasteiger partial charge is 0.269 e. The van der Waals surface area contributed by atoms with Crippen LogP contribution in [-0.2, 0) is 9.59 Å². The number of benzene rings is 1. The molecule has 1 rings (SSSR count). The first kappa shape index (κ1) is 11.9. The average molecular weight is 194 g/mol. The molecule has 0 unspecified atom stereocenters. The maximum absolute atomic E-state index is 10.00. The van der Waals surface area contributed by atoms with Crippen molar-refractivity contribution in [3.05, 3.63) is 23.8 Å². The van der Waals surface area contributed by atoms with E-state index < -0.39 is 0 Å². The van der Waals surface area contributed by atoms with Crippen molar-refractivity contribution in [3.63, 3.8) is 0 Å². The molecule has 0 aliphatic rings. The molecule has 0 saturated heterocycles. The Hall–Kier alpha value is -2.09. The van der Waals surface area contributed by atoms with Crippen LogP contribution in [0, 0.1) is 6.92 Å². The fraction of sp³-hybridized carbons (Fsp3) is 0.111. The molecule has 0 atom stereocenters. The minimum atomic E-state index is 0. The minimum absolute atomic E-state index is 0. The van der Waals surface area contributed by atoms with Gasteiger partial charge in [0.2, 0.25) is 12.2 Å². The predicted octanol–water partition coefficient (Wildman–Crippen LogP) is 2.08. The molecule has 0 saturated carbocycles. The van der Waals surface area contributed by atoms with Gasteiger partial charge in [0.05, 0.1) is 11.4 Å². The second kappa shape index (κ2) is 5.54. The van der Waals surface area contributed by atoms with Crippen LogP contribution in [0.4, 0.5) is 16.1 Å². The molecular weight excluding hydrogens is 187 g/mol. The summed E-state index contributed by atoms with van der Waals surface area (Å²) in [6.45, 7) is 1.80. The molecule has 0 heterocycles. The highest BCUT2D eigenvalue weighted by atomic mass is 19.0. The van der Waals surface area contributed by atoms with Crippen LogP contribution < -0.4 is 0 Å². The Bertz CT molecular complexity index is 419. The van der Waals surface area contributed by atoms with Crippen LogP contribution in [0.15, 0.2) is 28.2 Å². The minimum Gasteiger partial charge on any atom is -0.269 e. The lowest BCUT2D eigenvalue weighted by Crippen LogP contribution is -1.73. The van der Waals surface area contributed by atoms with Gasteiger partial charge in [0, 0.05) is 0 Å². The molecule has 0 fully saturated rings. The number of halogens is 1. The smallest absolute Gasteiger partial charge is 0.240 e. The average Bonchev–Trinajstić information content (AvgIpc) is 2.12. The van der Waals surface area contributed by atoms with Gasteiger partial charge in [-0.2, -0.15) is 9.98 Å². The topological polar surface area (TPSA) is 58.9 Å². The van der Waals surface area contributed by atoms with Crippen molar-refractivity contribution in [2.75, 3.05) is 0 Å². The van der Waals surface area contributed by atoms with Gasteiger partial charge in [-0.15, -0.1) is 0 Å². The second-order valence-corrected chi connectivity index (χ2v) is 2.38. The molecular formula is C9H7FN2O2. The summed E-state index contributed by atoms with van der Waals surface area (Å²) in [5.74, 6) is 0. The van der Waals surface area contributed by atoms with E-state index in [1.807, 2.05) is 0 Å². The first-order chi connectivity index (χ1) is 6.27. The van der Waals surface area contributed by atoms with Crippen molar-refractivity contribution in [2.45, 2.75) is 6.92 Å². The molecule has 1 aromatic rings. The van der Waals surface area contributed by atoms with Crippen LogP contribution in [0.3, 0.4) is 0 Å². The van der Waals surface area contributed by atoms with Gasteiger partial charge >= 0.3 is 0 Å². The Morgan fingerprint density at radius 2 is 1.79 bits per heavy atom. The van der Waals surface area contributed by atoms with E-state index in [0.29, 0.717) is 11.4 Å². The Balaban J connectivity index is 0.00000169. The van der Waals surface area contributed by atoms with Crippen molar-refractivity contribution < 1.29 is 14.3 Å². The van der Waals surface area contributed by atoms with E-state index in [1.54, 1.807) is 19.1 Å². The van der Waals surface area contributed by atoms with Gasteiger partial charge < -0.3 is 0 Å². The summed E-state index contributed by atoms with van der Waals surface area (Å²) in [4.78, 5) is 26.8. The van der Waals surface area contributed by atoms with Crippen LogP contribution >= 0.6 is 0 Å². The summed E-state index contributed by atoms with van der Waals surface area (Å²) in [6, 6.07) is 4.88. The molecule has 0 aliphatic carbocycles. The fourth-order valence-corrected chi connectivity index (χ4v) is 0.890. The molecule has 1 aromatic carbocycles. The molecule has 0 aromatic heterocycles. The molecule has 4 nitrogen and oxygen atoms in total. The molecule has 72 valence electrons. The van der Waals surface area contributed by atoms with E-state index in [4.69, 9.17) is 0 Å². The molecule has 0 radical (unpaired) electrons. The Morgan fingerprint density at radius 1 is 1.14 bits per heavy atom. The van der Waals surface area contributed by atoms with Crippen molar-refractivity contribution in [1.29, 1.82) is 0 Å². The van der Waals surface area contributed by atoms with Crippen molar-refractivity contribution in [2.24, 2.45) is 9.98 Å². The van der Waals surface area contributed by atoms with Crippen molar-refractivity contribution in [3.8, 4) is 0 Å². The SMILES string of the molecule is Cc1ccc(N=C=O)cc1N=C=O.F. The Kier molecular flexibility index (Phi) is 4.71. The summed E-state index contributed by atoms with van der Waals surface area (Å²) in [5.41, 5.74) is 1.72. The van der Waals surface area contributed by atoms with Gasteiger partial charge in [-0.05, 0) is 24.6 Å². The third-order valence-electron chi connectivity index (χ3n) is 1.53. The lowest BCUT2D eigenvalue weighted by molar-refractivity contribution is 0.565. The summed E-state index contributed by atoms with van der Waals surface area (Å²) in [5, 5.41) is 0. The first-order valence-corrected chi connectivity index (χ1v) is 3.54. The number of hydrogen-bond donors (Lipinski definition) is 0. The summed E-state index contributed by atoms with van der Waals surface area (Å²) in [6.07, 6.45) is 2.84. The third kappa shape index (κ3) is 2.75. The monoisotopic (exact) mass is 194 g/mol. The zero-order valence-electron chi connectivity index (χ0n) is 7.35. The number of aliphatic imine (C=N–C) groups is 2. The van der Waals surface area contributed by atoms with E-state index in [2.05, 4.69) is 9.98 Å². The molecule has 14 heavy (non-hydrogen) atoms. The van der Waals surface area contributed by atoms with Gasteiger partial charge in [0.25, 0.3) is 0 Å². The van der Waals surface area contributed by atoms with Crippen LogP contribution in [0.25, 0.3) is 0 Å². The fourth-order valence-electron chi connectivity index (χ4n) is 0.890. The van der Waals surface area contributed by atoms with Crippen LogP contribution in [-0.4, -0.2) is 12.2 Å². The standard InChI is InChI=1S/C9H6N2O2.FH/c1-7-2-3-8(10-5-12)4-9(7)11-6-13;/h2-4H,1H3;1H. The Morgan fingerprint density at radius 3 is 2.36 bits per heavy atom. The molecule has 0 aliphatic heterocycles. The summed E-state index contributed by atoms with van der Waals surface area (Å²) < 4.78 is 0. The molecule has 0 amide bonds. The highest BCUT2D eigenvalue weighted by Gasteiger charge is 1.97. The lowest BCUT2D eigenvalue weighted by Gasteiger charge is -1.97. The molecule has 0 bridgehead atoms. The van der Waals surface area contributed by atoms with Crippen LogP contribution in [0.5, 0.6) is 0 Å². The normalized spacial score (nSPS) is 7.79. The zero-order valence-corrected chi connectivity index (χ0v) is 7.35. The second-order valence-electron chi connectivity index (χ2n) is 2.38. The summed E-state index contributed by atoms with van der Waals surface area (Å²) in [7, 11) is 0. The first-order valence-electron chi connectivity index (χ1n) is 3.54. The molecule has 0 N–H and O–H groups in total. The van der Waals surface area contributed by atoms with E-state index in [1.165, 1.54) is 18.2 Å². The van der Waals surface area contributed by atoms with E-state index in [0.717, 1.165) is 5.56 Å².